The molecule has 2 N–H and O–H groups in total. The van der Waals surface area contributed by atoms with E-state index >= 15 is 0 Å². The van der Waals surface area contributed by atoms with Crippen molar-refractivity contribution in [2.75, 3.05) is 0 Å². The van der Waals surface area contributed by atoms with E-state index in [0.717, 1.165) is 23.2 Å². The van der Waals surface area contributed by atoms with Crippen molar-refractivity contribution in [3.63, 3.8) is 0 Å². The predicted octanol–water partition coefficient (Wildman–Crippen LogP) is 1.88. The normalized spacial score (nSPS) is 10.9. The molecule has 5 nitrogen and oxygen atoms in total. The molecule has 2 heterocycles. The van der Waals surface area contributed by atoms with E-state index in [-0.39, 0.29) is 0 Å². The summed E-state index contributed by atoms with van der Waals surface area (Å²) in [5, 5.41) is 8.53. The van der Waals surface area contributed by atoms with Crippen LogP contribution in [0.5, 0.6) is 0 Å². The first kappa shape index (κ1) is 11.1. The van der Waals surface area contributed by atoms with Gasteiger partial charge in [0.1, 0.15) is 11.5 Å². The first-order valence-electron chi connectivity index (χ1n) is 5.06. The lowest BCUT2D eigenvalue weighted by atomic mass is 10.2. The van der Waals surface area contributed by atoms with Gasteiger partial charge in [0.25, 0.3) is 0 Å². The van der Waals surface area contributed by atoms with E-state index in [2.05, 4.69) is 15.0 Å². The Morgan fingerprint density at radius 1 is 1.47 bits per heavy atom. The third-order valence-electron chi connectivity index (χ3n) is 2.19. The molecule has 2 aromatic heterocycles. The molecule has 2 aromatic rings. The van der Waals surface area contributed by atoms with E-state index in [4.69, 9.17) is 5.11 Å². The molecule has 17 heavy (non-hydrogen) atoms. The number of carboxylic acids is 1. The van der Waals surface area contributed by atoms with Crippen LogP contribution in [0.15, 0.2) is 30.5 Å². The zero-order chi connectivity index (χ0) is 12.3. The molecule has 0 atom stereocenters. The van der Waals surface area contributed by atoms with Crippen LogP contribution < -0.4 is 0 Å². The Hall–Kier alpha value is -2.43. The number of aliphatic carboxylic acids is 1. The van der Waals surface area contributed by atoms with Crippen molar-refractivity contribution in [1.82, 2.24) is 15.0 Å². The number of hydrogen-bond acceptors (Lipinski definition) is 3. The van der Waals surface area contributed by atoms with Crippen LogP contribution in [-0.4, -0.2) is 26.0 Å². The van der Waals surface area contributed by atoms with Crippen LogP contribution in [0.3, 0.4) is 0 Å². The maximum Gasteiger partial charge on any atom is 0.328 e. The summed E-state index contributed by atoms with van der Waals surface area (Å²) < 4.78 is 0. The van der Waals surface area contributed by atoms with Gasteiger partial charge in [-0.25, -0.2) is 9.78 Å². The summed E-state index contributed by atoms with van der Waals surface area (Å²) in [6.45, 7) is 1.87. The number of aryl methyl sites for hydroxylation is 1. The number of imidazole rings is 1. The second-order valence-corrected chi connectivity index (χ2v) is 3.48. The van der Waals surface area contributed by atoms with Gasteiger partial charge in [0.2, 0.25) is 0 Å². The standard InChI is InChI=1S/C12H11N3O2/c1-8-12(9-4-2-3-7-13-9)15-10(14-8)5-6-11(16)17/h2-7H,1H3,(H,14,15)(H,16,17)/b6-5+. The van der Waals surface area contributed by atoms with E-state index < -0.39 is 5.97 Å². The molecule has 0 aliphatic rings. The molecule has 0 aliphatic carbocycles. The van der Waals surface area contributed by atoms with E-state index in [1.807, 2.05) is 25.1 Å². The molecule has 0 bridgehead atoms. The quantitative estimate of drug-likeness (QED) is 0.787. The van der Waals surface area contributed by atoms with Crippen LogP contribution in [-0.2, 0) is 4.79 Å². The van der Waals surface area contributed by atoms with Crippen molar-refractivity contribution in [2.45, 2.75) is 6.92 Å². The van der Waals surface area contributed by atoms with Gasteiger partial charge < -0.3 is 10.1 Å². The van der Waals surface area contributed by atoms with Crippen molar-refractivity contribution >= 4 is 12.0 Å². The zero-order valence-corrected chi connectivity index (χ0v) is 9.21. The number of aromatic amines is 1. The van der Waals surface area contributed by atoms with Gasteiger partial charge in [0.05, 0.1) is 5.69 Å². The van der Waals surface area contributed by atoms with Gasteiger partial charge in [-0.05, 0) is 25.1 Å². The Balaban J connectivity index is 2.35. The van der Waals surface area contributed by atoms with Crippen LogP contribution in [0, 0.1) is 6.92 Å². The average Bonchev–Trinajstić information content (AvgIpc) is 2.69. The number of pyridine rings is 1. The Bertz CT molecular complexity index is 558. The van der Waals surface area contributed by atoms with Crippen LogP contribution in [0.1, 0.15) is 11.5 Å². The predicted molar refractivity (Wildman–Crippen MR) is 63.2 cm³/mol. The summed E-state index contributed by atoms with van der Waals surface area (Å²) in [4.78, 5) is 21.9. The van der Waals surface area contributed by atoms with Crippen LogP contribution >= 0.6 is 0 Å². The van der Waals surface area contributed by atoms with E-state index in [0.29, 0.717) is 5.82 Å². The van der Waals surface area contributed by atoms with Crippen molar-refractivity contribution in [3.05, 3.63) is 42.0 Å². The van der Waals surface area contributed by atoms with Crippen molar-refractivity contribution in [1.29, 1.82) is 0 Å². The minimum absolute atomic E-state index is 0.505. The summed E-state index contributed by atoms with van der Waals surface area (Å²) in [6, 6.07) is 5.56. The van der Waals surface area contributed by atoms with E-state index in [9.17, 15) is 4.79 Å². The first-order valence-corrected chi connectivity index (χ1v) is 5.06. The van der Waals surface area contributed by atoms with Gasteiger partial charge in [0, 0.05) is 18.0 Å². The number of hydrogen-bond donors (Lipinski definition) is 2. The summed E-state index contributed by atoms with van der Waals surface area (Å²) >= 11 is 0. The number of nitrogens with one attached hydrogen (secondary N) is 1. The highest BCUT2D eigenvalue weighted by Crippen LogP contribution is 2.18. The Morgan fingerprint density at radius 2 is 2.29 bits per heavy atom. The number of carboxylic acid groups (broad SMARTS) is 1. The second-order valence-electron chi connectivity index (χ2n) is 3.48. The lowest BCUT2D eigenvalue weighted by Crippen LogP contribution is -1.86. The highest BCUT2D eigenvalue weighted by atomic mass is 16.4. The van der Waals surface area contributed by atoms with E-state index in [1.54, 1.807) is 6.20 Å². The molecule has 0 saturated heterocycles. The highest BCUT2D eigenvalue weighted by molar-refractivity contribution is 5.84. The number of nitrogens with zero attached hydrogens (tertiary/aromatic N) is 2. The fourth-order valence-electron chi connectivity index (χ4n) is 1.46. The van der Waals surface area contributed by atoms with Gasteiger partial charge in [-0.2, -0.15) is 0 Å². The van der Waals surface area contributed by atoms with E-state index in [1.165, 1.54) is 6.08 Å². The minimum Gasteiger partial charge on any atom is -0.478 e. The van der Waals surface area contributed by atoms with Crippen LogP contribution in [0.4, 0.5) is 0 Å². The molecular formula is C12H11N3O2. The molecule has 0 radical (unpaired) electrons. The zero-order valence-electron chi connectivity index (χ0n) is 9.21. The smallest absolute Gasteiger partial charge is 0.328 e. The van der Waals surface area contributed by atoms with Gasteiger partial charge >= 0.3 is 5.97 Å². The molecule has 0 saturated carbocycles. The van der Waals surface area contributed by atoms with Crippen molar-refractivity contribution in [2.24, 2.45) is 0 Å². The molecule has 0 fully saturated rings. The molecule has 0 spiro atoms. The molecule has 0 aromatic carbocycles. The van der Waals surface area contributed by atoms with Gasteiger partial charge in [0.15, 0.2) is 0 Å². The molecule has 0 aliphatic heterocycles. The largest absolute Gasteiger partial charge is 0.478 e. The number of carbonyl (C=O) groups is 1. The number of H-pyrrole nitrogens is 1. The molecule has 0 amide bonds. The Morgan fingerprint density at radius 3 is 2.94 bits per heavy atom. The summed E-state index contributed by atoms with van der Waals surface area (Å²) in [5.74, 6) is -0.496. The molecule has 2 rings (SSSR count). The third kappa shape index (κ3) is 2.57. The molecule has 86 valence electrons. The maximum absolute atomic E-state index is 10.4. The highest BCUT2D eigenvalue weighted by Gasteiger charge is 2.07. The number of aromatic nitrogens is 3. The Labute approximate surface area is 97.9 Å². The molecule has 5 heteroatoms. The van der Waals surface area contributed by atoms with Crippen molar-refractivity contribution in [3.8, 4) is 11.4 Å². The average molecular weight is 229 g/mol. The summed E-state index contributed by atoms with van der Waals surface area (Å²) in [7, 11) is 0. The monoisotopic (exact) mass is 229 g/mol. The SMILES string of the molecule is Cc1[nH]c(/C=C/C(=O)O)nc1-c1ccccn1. The second kappa shape index (κ2) is 4.61. The van der Waals surface area contributed by atoms with Crippen LogP contribution in [0.25, 0.3) is 17.5 Å². The lowest BCUT2D eigenvalue weighted by Gasteiger charge is -1.95. The summed E-state index contributed by atoms with van der Waals surface area (Å²) in [5.41, 5.74) is 2.35. The Kier molecular flexibility index (Phi) is 3.00. The van der Waals surface area contributed by atoms with Gasteiger partial charge in [-0.1, -0.05) is 6.07 Å². The van der Waals surface area contributed by atoms with Crippen LogP contribution in [0.2, 0.25) is 0 Å². The lowest BCUT2D eigenvalue weighted by molar-refractivity contribution is -0.131. The first-order chi connectivity index (χ1) is 8.16. The molecule has 0 unspecified atom stereocenters. The fourth-order valence-corrected chi connectivity index (χ4v) is 1.46. The van der Waals surface area contributed by atoms with Gasteiger partial charge in [-0.15, -0.1) is 0 Å². The number of rotatable bonds is 3. The van der Waals surface area contributed by atoms with Crippen molar-refractivity contribution < 1.29 is 9.90 Å². The van der Waals surface area contributed by atoms with Gasteiger partial charge in [-0.3, -0.25) is 4.98 Å². The maximum atomic E-state index is 10.4. The topological polar surface area (TPSA) is 78.9 Å². The fraction of sp³-hybridized carbons (Fsp3) is 0.0833. The summed E-state index contributed by atoms with van der Waals surface area (Å²) in [6.07, 6.45) is 4.15. The third-order valence-corrected chi connectivity index (χ3v) is 2.19. The molecular weight excluding hydrogens is 218 g/mol. The minimum atomic E-state index is -1.00.